The van der Waals surface area contributed by atoms with E-state index in [1.807, 2.05) is 0 Å². The van der Waals surface area contributed by atoms with Crippen LogP contribution < -0.4 is 0 Å². The Morgan fingerprint density at radius 3 is 2.81 bits per heavy atom. The van der Waals surface area contributed by atoms with Gasteiger partial charge in [-0.25, -0.2) is 0 Å². The zero-order chi connectivity index (χ0) is 14.8. The molecule has 0 saturated carbocycles. The zero-order valence-corrected chi connectivity index (χ0v) is 13.4. The first-order chi connectivity index (χ1) is 9.95. The molecular weight excluding hydrogens is 256 g/mol. The van der Waals surface area contributed by atoms with E-state index < -0.39 is 0 Å². The van der Waals surface area contributed by atoms with Crippen molar-refractivity contribution in [3.05, 3.63) is 46.6 Å². The van der Waals surface area contributed by atoms with Gasteiger partial charge in [-0.2, -0.15) is 0 Å². The van der Waals surface area contributed by atoms with Crippen LogP contribution in [0.1, 0.15) is 52.9 Å². The van der Waals surface area contributed by atoms with E-state index in [0.717, 1.165) is 18.8 Å². The van der Waals surface area contributed by atoms with Crippen LogP contribution >= 0.6 is 0 Å². The van der Waals surface area contributed by atoms with Gasteiger partial charge in [0.25, 0.3) is 0 Å². The molecule has 0 fully saturated rings. The minimum absolute atomic E-state index is 0.164. The Bertz CT molecular complexity index is 618. The molecule has 21 heavy (non-hydrogen) atoms. The molecule has 4 atom stereocenters. The highest BCUT2D eigenvalue weighted by Gasteiger charge is 2.48. The fraction of sp³-hybridized carbons (Fsp3) is 0.600. The first-order valence-electron chi connectivity index (χ1n) is 8.48. The van der Waals surface area contributed by atoms with E-state index in [-0.39, 0.29) is 11.5 Å². The summed E-state index contributed by atoms with van der Waals surface area (Å²) >= 11 is 0. The van der Waals surface area contributed by atoms with Crippen LogP contribution in [-0.4, -0.2) is 11.2 Å². The van der Waals surface area contributed by atoms with E-state index >= 15 is 0 Å². The van der Waals surface area contributed by atoms with Gasteiger partial charge in [0.15, 0.2) is 0 Å². The van der Waals surface area contributed by atoms with E-state index in [1.165, 1.54) is 30.4 Å². The molecule has 0 aromatic carbocycles. The second kappa shape index (κ2) is 4.23. The molecule has 0 spiro atoms. The van der Waals surface area contributed by atoms with Crippen LogP contribution in [0.2, 0.25) is 0 Å². The van der Waals surface area contributed by atoms with E-state index in [4.69, 9.17) is 0 Å². The molecule has 0 aromatic heterocycles. The van der Waals surface area contributed by atoms with Crippen molar-refractivity contribution in [1.29, 1.82) is 0 Å². The van der Waals surface area contributed by atoms with Crippen LogP contribution in [0.15, 0.2) is 46.6 Å². The first kappa shape index (κ1) is 13.6. The van der Waals surface area contributed by atoms with Gasteiger partial charge >= 0.3 is 0 Å². The molecule has 4 unspecified atom stereocenters. The Labute approximate surface area is 128 Å². The summed E-state index contributed by atoms with van der Waals surface area (Å²) in [5.74, 6) is 0.771. The molecule has 1 nitrogen and oxygen atoms in total. The summed E-state index contributed by atoms with van der Waals surface area (Å²) in [4.78, 5) is 0. The highest BCUT2D eigenvalue weighted by atomic mass is 16.3. The number of aliphatic hydroxyl groups excluding tert-OH is 1. The number of hydrogen-bond donors (Lipinski definition) is 1. The summed E-state index contributed by atoms with van der Waals surface area (Å²) in [5.41, 5.74) is 6.67. The lowest BCUT2D eigenvalue weighted by atomic mass is 9.57. The Hall–Kier alpha value is -1.08. The summed E-state index contributed by atoms with van der Waals surface area (Å²) < 4.78 is 0. The van der Waals surface area contributed by atoms with Crippen molar-refractivity contribution >= 4 is 0 Å². The van der Waals surface area contributed by atoms with Crippen molar-refractivity contribution in [3.8, 4) is 0 Å². The predicted octanol–water partition coefficient (Wildman–Crippen LogP) is 4.71. The van der Waals surface area contributed by atoms with Crippen LogP contribution in [0.25, 0.3) is 0 Å². The van der Waals surface area contributed by atoms with Gasteiger partial charge in [0.1, 0.15) is 0 Å². The molecule has 0 heterocycles. The Kier molecular flexibility index (Phi) is 2.73. The van der Waals surface area contributed by atoms with Crippen molar-refractivity contribution in [2.45, 2.75) is 59.0 Å². The lowest BCUT2D eigenvalue weighted by molar-refractivity contribution is 0.175. The fourth-order valence-corrected chi connectivity index (χ4v) is 5.09. The summed E-state index contributed by atoms with van der Waals surface area (Å²) in [5, 5.41) is 9.95. The van der Waals surface area contributed by atoms with E-state index in [2.05, 4.69) is 45.1 Å². The number of fused-ring (bicyclic) bond motifs is 4. The van der Waals surface area contributed by atoms with Crippen LogP contribution in [0.3, 0.4) is 0 Å². The maximum atomic E-state index is 9.95. The molecule has 4 aliphatic rings. The fourth-order valence-electron chi connectivity index (χ4n) is 5.09. The topological polar surface area (TPSA) is 20.2 Å². The number of rotatable bonds is 0. The normalized spacial score (nSPS) is 44.8. The molecule has 1 N–H and O–H groups in total. The third-order valence-corrected chi connectivity index (χ3v) is 6.93. The monoisotopic (exact) mass is 282 g/mol. The molecule has 112 valence electrons. The first-order valence-corrected chi connectivity index (χ1v) is 8.48. The maximum Gasteiger partial charge on any atom is 0.0727 e. The average molecular weight is 282 g/mol. The lowest BCUT2D eigenvalue weighted by Gasteiger charge is -2.48. The van der Waals surface area contributed by atoms with Gasteiger partial charge in [-0.05, 0) is 60.2 Å². The molecule has 0 radical (unpaired) electrons. The van der Waals surface area contributed by atoms with Gasteiger partial charge < -0.3 is 5.11 Å². The van der Waals surface area contributed by atoms with Gasteiger partial charge in [0.2, 0.25) is 0 Å². The van der Waals surface area contributed by atoms with Gasteiger partial charge in [0, 0.05) is 5.41 Å². The molecule has 0 saturated heterocycles. The smallest absolute Gasteiger partial charge is 0.0727 e. The maximum absolute atomic E-state index is 9.95. The van der Waals surface area contributed by atoms with Gasteiger partial charge in [0.05, 0.1) is 6.10 Å². The minimum Gasteiger partial charge on any atom is -0.389 e. The molecule has 0 aromatic rings. The molecule has 4 aliphatic carbocycles. The summed E-state index contributed by atoms with van der Waals surface area (Å²) in [6.45, 7) is 7.27. The van der Waals surface area contributed by atoms with Crippen LogP contribution in [0, 0.1) is 16.7 Å². The quantitative estimate of drug-likeness (QED) is 0.682. The summed E-state index contributed by atoms with van der Waals surface area (Å²) in [7, 11) is 0. The van der Waals surface area contributed by atoms with Gasteiger partial charge in [-0.3, -0.25) is 0 Å². The Balaban J connectivity index is 1.85. The van der Waals surface area contributed by atoms with Gasteiger partial charge in [-0.15, -0.1) is 0 Å². The highest BCUT2D eigenvalue weighted by molar-refractivity contribution is 5.60. The highest BCUT2D eigenvalue weighted by Crippen LogP contribution is 2.60. The Morgan fingerprint density at radius 1 is 1.19 bits per heavy atom. The second-order valence-electron chi connectivity index (χ2n) is 7.96. The third-order valence-electron chi connectivity index (χ3n) is 6.93. The minimum atomic E-state index is -0.251. The largest absolute Gasteiger partial charge is 0.389 e. The molecule has 1 heteroatoms. The SMILES string of the molecule is CC1CC=C2C3=C(CCC21C)C1(C)CCC(O)C=C1C=C3. The molecule has 0 aliphatic heterocycles. The number of hydrogen-bond acceptors (Lipinski definition) is 1. The van der Waals surface area contributed by atoms with Gasteiger partial charge in [-0.1, -0.05) is 50.6 Å². The van der Waals surface area contributed by atoms with E-state index in [0.29, 0.717) is 5.41 Å². The zero-order valence-electron chi connectivity index (χ0n) is 13.4. The predicted molar refractivity (Wildman–Crippen MR) is 86.8 cm³/mol. The third kappa shape index (κ3) is 1.67. The lowest BCUT2D eigenvalue weighted by Crippen LogP contribution is -2.36. The van der Waals surface area contributed by atoms with Crippen molar-refractivity contribution < 1.29 is 5.11 Å². The number of allylic oxidation sites excluding steroid dienone is 7. The van der Waals surface area contributed by atoms with Crippen LogP contribution in [0.4, 0.5) is 0 Å². The van der Waals surface area contributed by atoms with E-state index in [1.54, 1.807) is 11.1 Å². The standard InChI is InChI=1S/C20H26O/c1-13-4-7-17-16-6-5-14-12-15(21)8-10-20(14,3)18(16)9-11-19(13,17)2/h5-7,12-13,15,21H,4,8-11H2,1-3H3. The van der Waals surface area contributed by atoms with Crippen LogP contribution in [-0.2, 0) is 0 Å². The second-order valence-corrected chi connectivity index (χ2v) is 7.96. The summed E-state index contributed by atoms with van der Waals surface area (Å²) in [6.07, 6.45) is 14.7. The number of aliphatic hydroxyl groups is 1. The molecule has 0 bridgehead atoms. The van der Waals surface area contributed by atoms with Crippen molar-refractivity contribution in [3.63, 3.8) is 0 Å². The summed E-state index contributed by atoms with van der Waals surface area (Å²) in [6, 6.07) is 0. The van der Waals surface area contributed by atoms with E-state index in [9.17, 15) is 5.11 Å². The van der Waals surface area contributed by atoms with Crippen molar-refractivity contribution in [2.24, 2.45) is 16.7 Å². The molecular formula is C20H26O. The van der Waals surface area contributed by atoms with Crippen molar-refractivity contribution in [2.75, 3.05) is 0 Å². The Morgan fingerprint density at radius 2 is 2.00 bits per heavy atom. The van der Waals surface area contributed by atoms with Crippen LogP contribution in [0.5, 0.6) is 0 Å². The molecule has 4 rings (SSSR count). The molecule has 0 amide bonds. The average Bonchev–Trinajstić information content (AvgIpc) is 2.76. The van der Waals surface area contributed by atoms with Crippen molar-refractivity contribution in [1.82, 2.24) is 0 Å².